The second-order valence-electron chi connectivity index (χ2n) is 7.93. The minimum absolute atomic E-state index is 0.0434. The summed E-state index contributed by atoms with van der Waals surface area (Å²) in [6.45, 7) is 5.24. The minimum atomic E-state index is -3.74. The van der Waals surface area contributed by atoms with Crippen LogP contribution in [0.5, 0.6) is 0 Å². The highest BCUT2D eigenvalue weighted by Crippen LogP contribution is 2.21. The van der Waals surface area contributed by atoms with Gasteiger partial charge in [0.05, 0.1) is 10.6 Å². The van der Waals surface area contributed by atoms with Gasteiger partial charge in [-0.2, -0.15) is 5.10 Å². The number of nitrogens with zero attached hydrogens (tertiary/aromatic N) is 2. The number of carbonyl (C=O) groups excluding carboxylic acids is 2. The summed E-state index contributed by atoms with van der Waals surface area (Å²) in [5, 5.41) is 8.10. The fourth-order valence-corrected chi connectivity index (χ4v) is 4.36. The van der Waals surface area contributed by atoms with Crippen LogP contribution in [0.3, 0.4) is 0 Å². The van der Waals surface area contributed by atoms with Crippen LogP contribution in [0.15, 0.2) is 64.6 Å². The number of carbonyl (C=O) groups is 2. The normalized spacial score (nSPS) is 15.0. The fraction of sp³-hybridized carbons (Fsp3) is 0.286. The van der Waals surface area contributed by atoms with E-state index >= 15 is 0 Å². The Labute approximate surface area is 176 Å². The molecule has 0 radical (unpaired) electrons. The van der Waals surface area contributed by atoms with E-state index in [1.54, 1.807) is 57.2 Å². The van der Waals surface area contributed by atoms with Gasteiger partial charge in [-0.25, -0.2) is 18.1 Å². The number of rotatable bonds is 5. The van der Waals surface area contributed by atoms with Crippen molar-refractivity contribution in [2.75, 3.05) is 10.3 Å². The zero-order valence-corrected chi connectivity index (χ0v) is 17.9. The van der Waals surface area contributed by atoms with E-state index in [9.17, 15) is 18.0 Å². The zero-order valence-electron chi connectivity index (χ0n) is 17.0. The molecule has 0 saturated carbocycles. The van der Waals surface area contributed by atoms with Crippen LogP contribution in [0.4, 0.5) is 11.4 Å². The van der Waals surface area contributed by atoms with Crippen LogP contribution in [-0.2, 0) is 19.6 Å². The van der Waals surface area contributed by atoms with E-state index in [0.717, 1.165) is 0 Å². The lowest BCUT2D eigenvalue weighted by atomic mass is 10.1. The maximum absolute atomic E-state index is 12.7. The van der Waals surface area contributed by atoms with Crippen LogP contribution >= 0.6 is 0 Å². The van der Waals surface area contributed by atoms with Crippen molar-refractivity contribution in [3.63, 3.8) is 0 Å². The van der Waals surface area contributed by atoms with Crippen LogP contribution in [0, 0.1) is 0 Å². The highest BCUT2D eigenvalue weighted by atomic mass is 32.2. The number of hydrogen-bond donors (Lipinski definition) is 2. The Morgan fingerprint density at radius 3 is 2.40 bits per heavy atom. The molecule has 1 heterocycles. The van der Waals surface area contributed by atoms with E-state index < -0.39 is 21.5 Å². The molecule has 0 aromatic heterocycles. The van der Waals surface area contributed by atoms with Gasteiger partial charge in [-0.15, -0.1) is 0 Å². The third kappa shape index (κ3) is 5.31. The summed E-state index contributed by atoms with van der Waals surface area (Å²) in [4.78, 5) is 24.9. The number of para-hydroxylation sites is 1. The molecule has 2 aromatic carbocycles. The Kier molecular flexibility index (Phi) is 6.04. The first kappa shape index (κ1) is 21.7. The molecule has 2 amide bonds. The number of benzene rings is 2. The van der Waals surface area contributed by atoms with E-state index in [0.29, 0.717) is 11.4 Å². The number of amides is 2. The maximum Gasteiger partial charge on any atom is 0.271 e. The summed E-state index contributed by atoms with van der Waals surface area (Å²) in [7, 11) is -3.74. The summed E-state index contributed by atoms with van der Waals surface area (Å²) in [5.41, 5.74) is 0.457. The molecule has 0 bridgehead atoms. The number of nitrogens with one attached hydrogen (secondary N) is 2. The average Bonchev–Trinajstić information content (AvgIpc) is 2.67. The van der Waals surface area contributed by atoms with E-state index in [1.807, 2.05) is 6.07 Å². The summed E-state index contributed by atoms with van der Waals surface area (Å²) in [6.07, 6.45) is 0.364. The number of anilines is 2. The lowest BCUT2D eigenvalue weighted by molar-refractivity contribution is -0.118. The SMILES string of the molecule is CC(C)(C)NS(=O)(=O)c1cccc(NC(=O)C2=NN(c3ccccc3)C(=O)CC2)c1. The molecule has 2 N–H and O–H groups in total. The van der Waals surface area contributed by atoms with Crippen molar-refractivity contribution in [2.45, 2.75) is 44.0 Å². The monoisotopic (exact) mass is 428 g/mol. The van der Waals surface area contributed by atoms with E-state index in [4.69, 9.17) is 0 Å². The smallest absolute Gasteiger partial charge is 0.271 e. The molecule has 9 heteroatoms. The van der Waals surface area contributed by atoms with Crippen molar-refractivity contribution in [3.05, 3.63) is 54.6 Å². The third-order valence-electron chi connectivity index (χ3n) is 4.14. The summed E-state index contributed by atoms with van der Waals surface area (Å²) >= 11 is 0. The van der Waals surface area contributed by atoms with Crippen molar-refractivity contribution >= 4 is 38.9 Å². The molecule has 30 heavy (non-hydrogen) atoms. The third-order valence-corrected chi connectivity index (χ3v) is 5.89. The van der Waals surface area contributed by atoms with Gasteiger partial charge in [0, 0.05) is 24.1 Å². The predicted octanol–water partition coefficient (Wildman–Crippen LogP) is 2.88. The van der Waals surface area contributed by atoms with Gasteiger partial charge in [0.2, 0.25) is 15.9 Å². The molecule has 0 saturated heterocycles. The van der Waals surface area contributed by atoms with Crippen molar-refractivity contribution in [1.82, 2.24) is 4.72 Å². The molecule has 1 aliphatic rings. The Hall–Kier alpha value is -3.04. The summed E-state index contributed by atoms with van der Waals surface area (Å²) in [5.74, 6) is -0.680. The fourth-order valence-electron chi connectivity index (χ4n) is 2.89. The van der Waals surface area contributed by atoms with Crippen molar-refractivity contribution in [3.8, 4) is 0 Å². The Bertz CT molecular complexity index is 1090. The Balaban J connectivity index is 1.80. The van der Waals surface area contributed by atoms with Gasteiger partial charge in [0.1, 0.15) is 5.71 Å². The van der Waals surface area contributed by atoms with E-state index in [2.05, 4.69) is 15.1 Å². The molecule has 0 atom stereocenters. The Morgan fingerprint density at radius 2 is 1.73 bits per heavy atom. The molecular weight excluding hydrogens is 404 g/mol. The lowest BCUT2D eigenvalue weighted by Gasteiger charge is -2.23. The van der Waals surface area contributed by atoms with E-state index in [-0.39, 0.29) is 29.4 Å². The van der Waals surface area contributed by atoms with Crippen LogP contribution in [0.25, 0.3) is 0 Å². The largest absolute Gasteiger partial charge is 0.321 e. The molecule has 0 aliphatic carbocycles. The van der Waals surface area contributed by atoms with Crippen LogP contribution in [0.1, 0.15) is 33.6 Å². The van der Waals surface area contributed by atoms with Gasteiger partial charge in [-0.3, -0.25) is 9.59 Å². The molecular formula is C21H24N4O4S. The van der Waals surface area contributed by atoms with Crippen molar-refractivity contribution < 1.29 is 18.0 Å². The highest BCUT2D eigenvalue weighted by Gasteiger charge is 2.26. The summed E-state index contributed by atoms with van der Waals surface area (Å²) < 4.78 is 27.6. The van der Waals surface area contributed by atoms with Gasteiger partial charge in [0.15, 0.2) is 0 Å². The minimum Gasteiger partial charge on any atom is -0.321 e. The van der Waals surface area contributed by atoms with Gasteiger partial charge in [-0.05, 0) is 51.1 Å². The number of hydrazone groups is 1. The maximum atomic E-state index is 12.7. The number of hydrogen-bond acceptors (Lipinski definition) is 5. The molecule has 1 aliphatic heterocycles. The molecule has 2 aromatic rings. The second kappa shape index (κ2) is 8.37. The van der Waals surface area contributed by atoms with Crippen molar-refractivity contribution in [1.29, 1.82) is 0 Å². The molecule has 0 fully saturated rings. The van der Waals surface area contributed by atoms with Gasteiger partial charge < -0.3 is 5.32 Å². The van der Waals surface area contributed by atoms with Crippen LogP contribution < -0.4 is 15.0 Å². The van der Waals surface area contributed by atoms with Gasteiger partial charge in [0.25, 0.3) is 5.91 Å². The average molecular weight is 429 g/mol. The first-order chi connectivity index (χ1) is 14.0. The van der Waals surface area contributed by atoms with Crippen LogP contribution in [0.2, 0.25) is 0 Å². The molecule has 3 rings (SSSR count). The standard InChI is InChI=1S/C21H24N4O4S/c1-21(2,3)24-30(28,29)17-11-7-8-15(14-17)22-20(27)18-12-13-19(26)25(23-18)16-9-5-4-6-10-16/h4-11,14,24H,12-13H2,1-3H3,(H,22,27). The first-order valence-corrected chi connectivity index (χ1v) is 10.9. The molecule has 8 nitrogen and oxygen atoms in total. The van der Waals surface area contributed by atoms with Crippen LogP contribution in [-0.4, -0.2) is 31.5 Å². The molecule has 158 valence electrons. The molecule has 0 spiro atoms. The topological polar surface area (TPSA) is 108 Å². The van der Waals surface area contributed by atoms with Crippen molar-refractivity contribution in [2.24, 2.45) is 5.10 Å². The van der Waals surface area contributed by atoms with Gasteiger partial charge in [-0.1, -0.05) is 24.3 Å². The second-order valence-corrected chi connectivity index (χ2v) is 9.61. The quantitative estimate of drug-likeness (QED) is 0.763. The Morgan fingerprint density at radius 1 is 1.03 bits per heavy atom. The zero-order chi connectivity index (χ0) is 21.9. The van der Waals surface area contributed by atoms with Gasteiger partial charge >= 0.3 is 0 Å². The first-order valence-electron chi connectivity index (χ1n) is 9.46. The number of sulfonamides is 1. The lowest BCUT2D eigenvalue weighted by Crippen LogP contribution is -2.40. The van der Waals surface area contributed by atoms with E-state index in [1.165, 1.54) is 17.1 Å². The molecule has 0 unspecified atom stereocenters. The highest BCUT2D eigenvalue weighted by molar-refractivity contribution is 7.89. The predicted molar refractivity (Wildman–Crippen MR) is 116 cm³/mol. The summed E-state index contributed by atoms with van der Waals surface area (Å²) in [6, 6.07) is 14.8.